The van der Waals surface area contributed by atoms with Gasteiger partial charge in [0.15, 0.2) is 0 Å². The predicted octanol–water partition coefficient (Wildman–Crippen LogP) is 7.50. The maximum Gasteiger partial charge on any atom is 0.251 e. The molecular weight excluding hydrogens is 464 g/mol. The van der Waals surface area contributed by atoms with Gasteiger partial charge in [-0.2, -0.15) is 0 Å². The van der Waals surface area contributed by atoms with Crippen LogP contribution in [0.1, 0.15) is 28.4 Å². The lowest BCUT2D eigenvalue weighted by Gasteiger charge is -2.22. The summed E-state index contributed by atoms with van der Waals surface area (Å²) in [4.78, 5) is 15.4. The number of carbonyl (C=O) groups excluding carboxylic acids is 1. The molecular formula is C32H31ClN2O. The molecule has 0 radical (unpaired) electrons. The molecule has 0 saturated heterocycles. The molecule has 0 aliphatic heterocycles. The van der Waals surface area contributed by atoms with Crippen LogP contribution in [0.15, 0.2) is 109 Å². The minimum absolute atomic E-state index is 0. The monoisotopic (exact) mass is 494 g/mol. The first-order valence-electron chi connectivity index (χ1n) is 12.1. The average molecular weight is 495 g/mol. The van der Waals surface area contributed by atoms with E-state index in [-0.39, 0.29) is 24.4 Å². The summed E-state index contributed by atoms with van der Waals surface area (Å²) in [7, 11) is 4.12. The Labute approximate surface area is 219 Å². The van der Waals surface area contributed by atoms with E-state index in [0.717, 1.165) is 29.7 Å². The van der Waals surface area contributed by atoms with Crippen LogP contribution in [0.25, 0.3) is 32.7 Å². The zero-order valence-corrected chi connectivity index (χ0v) is 21.5. The summed E-state index contributed by atoms with van der Waals surface area (Å²) in [6.07, 6.45) is 0.840. The number of rotatable bonds is 7. The van der Waals surface area contributed by atoms with E-state index in [1.54, 1.807) is 0 Å². The summed E-state index contributed by atoms with van der Waals surface area (Å²) in [5.41, 5.74) is 4.05. The van der Waals surface area contributed by atoms with Crippen molar-refractivity contribution in [3.05, 3.63) is 120 Å². The lowest BCUT2D eigenvalue weighted by Crippen LogP contribution is -2.31. The minimum Gasteiger partial charge on any atom is -0.345 e. The molecule has 1 N–H and O–H groups in total. The molecule has 182 valence electrons. The van der Waals surface area contributed by atoms with Crippen molar-refractivity contribution in [1.29, 1.82) is 0 Å². The van der Waals surface area contributed by atoms with E-state index in [2.05, 4.69) is 109 Å². The molecule has 5 aromatic carbocycles. The molecule has 1 unspecified atom stereocenters. The standard InChI is InChI=1S/C32H30N2O.ClH/c1-34(2)20-19-31(30-18-14-24-8-4-6-10-28(24)22-30)33-32(35)26-15-11-25(12-16-26)29-17-13-23-7-3-5-9-27(23)21-29;/h3-18,21-22,31H,19-20H2,1-2H3,(H,33,35);1H. The molecule has 0 aromatic heterocycles. The maximum atomic E-state index is 13.2. The molecule has 5 rings (SSSR count). The number of fused-ring (bicyclic) bond motifs is 2. The quantitative estimate of drug-likeness (QED) is 0.254. The van der Waals surface area contributed by atoms with Crippen LogP contribution >= 0.6 is 12.4 Å². The van der Waals surface area contributed by atoms with Gasteiger partial charge in [0, 0.05) is 5.56 Å². The molecule has 0 heterocycles. The first-order chi connectivity index (χ1) is 17.1. The molecule has 36 heavy (non-hydrogen) atoms. The first-order valence-corrected chi connectivity index (χ1v) is 12.1. The Hall–Kier alpha value is -3.66. The molecule has 0 aliphatic rings. The zero-order valence-electron chi connectivity index (χ0n) is 20.6. The third-order valence-electron chi connectivity index (χ3n) is 6.58. The van der Waals surface area contributed by atoms with Crippen molar-refractivity contribution in [2.24, 2.45) is 0 Å². The van der Waals surface area contributed by atoms with Gasteiger partial charge < -0.3 is 10.2 Å². The third kappa shape index (κ3) is 5.76. The van der Waals surface area contributed by atoms with Crippen LogP contribution in [-0.4, -0.2) is 31.4 Å². The SMILES string of the molecule is CN(C)CCC(NC(=O)c1ccc(-c2ccc3ccccc3c2)cc1)c1ccc2ccccc2c1.Cl. The number of hydrogen-bond donors (Lipinski definition) is 1. The highest BCUT2D eigenvalue weighted by Gasteiger charge is 2.17. The summed E-state index contributed by atoms with van der Waals surface area (Å²) in [6, 6.07) is 37.5. The molecule has 0 saturated carbocycles. The van der Waals surface area contributed by atoms with E-state index in [9.17, 15) is 4.79 Å². The number of benzene rings is 5. The van der Waals surface area contributed by atoms with E-state index >= 15 is 0 Å². The second-order valence-electron chi connectivity index (χ2n) is 9.36. The largest absolute Gasteiger partial charge is 0.345 e. The molecule has 1 atom stereocenters. The topological polar surface area (TPSA) is 32.3 Å². The lowest BCUT2D eigenvalue weighted by atomic mass is 9.98. The van der Waals surface area contributed by atoms with Crippen molar-refractivity contribution in [3.63, 3.8) is 0 Å². The number of halogens is 1. The normalized spacial score (nSPS) is 11.9. The fraction of sp³-hybridized carbons (Fsp3) is 0.156. The Balaban J connectivity index is 0.00000304. The van der Waals surface area contributed by atoms with Gasteiger partial charge in [0.1, 0.15) is 0 Å². The Morgan fingerprint density at radius 2 is 1.25 bits per heavy atom. The molecule has 3 nitrogen and oxygen atoms in total. The predicted molar refractivity (Wildman–Crippen MR) is 154 cm³/mol. The van der Waals surface area contributed by atoms with Crippen molar-refractivity contribution in [3.8, 4) is 11.1 Å². The van der Waals surface area contributed by atoms with Crippen LogP contribution in [-0.2, 0) is 0 Å². The summed E-state index contributed by atoms with van der Waals surface area (Å²) in [6.45, 7) is 0.888. The van der Waals surface area contributed by atoms with Gasteiger partial charge in [-0.25, -0.2) is 0 Å². The Morgan fingerprint density at radius 3 is 1.89 bits per heavy atom. The third-order valence-corrected chi connectivity index (χ3v) is 6.58. The smallest absolute Gasteiger partial charge is 0.251 e. The number of nitrogens with one attached hydrogen (secondary N) is 1. The highest BCUT2D eigenvalue weighted by molar-refractivity contribution is 5.95. The van der Waals surface area contributed by atoms with Gasteiger partial charge in [-0.1, -0.05) is 84.9 Å². The molecule has 0 fully saturated rings. The van der Waals surface area contributed by atoms with Crippen molar-refractivity contribution in [2.45, 2.75) is 12.5 Å². The van der Waals surface area contributed by atoms with Gasteiger partial charge in [0.2, 0.25) is 0 Å². The Morgan fingerprint density at radius 1 is 0.694 bits per heavy atom. The lowest BCUT2D eigenvalue weighted by molar-refractivity contribution is 0.0933. The van der Waals surface area contributed by atoms with Crippen molar-refractivity contribution in [2.75, 3.05) is 20.6 Å². The van der Waals surface area contributed by atoms with Crippen molar-refractivity contribution < 1.29 is 4.79 Å². The number of amides is 1. The van der Waals surface area contributed by atoms with Gasteiger partial charge >= 0.3 is 0 Å². The number of hydrogen-bond acceptors (Lipinski definition) is 2. The van der Waals surface area contributed by atoms with Crippen LogP contribution in [0, 0.1) is 0 Å². The van der Waals surface area contributed by atoms with Crippen LogP contribution in [0.5, 0.6) is 0 Å². The fourth-order valence-electron chi connectivity index (χ4n) is 4.56. The van der Waals surface area contributed by atoms with Crippen molar-refractivity contribution in [1.82, 2.24) is 10.2 Å². The van der Waals surface area contributed by atoms with E-state index in [1.807, 2.05) is 24.3 Å². The fourth-order valence-corrected chi connectivity index (χ4v) is 4.56. The van der Waals surface area contributed by atoms with Crippen LogP contribution in [0.3, 0.4) is 0 Å². The summed E-state index contributed by atoms with van der Waals surface area (Å²) < 4.78 is 0. The molecule has 5 aromatic rings. The highest BCUT2D eigenvalue weighted by atomic mass is 35.5. The molecule has 4 heteroatoms. The number of nitrogens with zero attached hydrogens (tertiary/aromatic N) is 1. The van der Waals surface area contributed by atoms with E-state index in [0.29, 0.717) is 5.56 Å². The van der Waals surface area contributed by atoms with E-state index in [4.69, 9.17) is 0 Å². The van der Waals surface area contributed by atoms with Crippen LogP contribution in [0.2, 0.25) is 0 Å². The van der Waals surface area contributed by atoms with E-state index < -0.39 is 0 Å². The maximum absolute atomic E-state index is 13.2. The molecule has 1 amide bonds. The van der Waals surface area contributed by atoms with Crippen LogP contribution in [0.4, 0.5) is 0 Å². The second-order valence-corrected chi connectivity index (χ2v) is 9.36. The molecule has 0 bridgehead atoms. The summed E-state index contributed by atoms with van der Waals surface area (Å²) in [5, 5.41) is 8.12. The Bertz CT molecular complexity index is 1480. The zero-order chi connectivity index (χ0) is 24.2. The minimum atomic E-state index is -0.0605. The van der Waals surface area contributed by atoms with Crippen LogP contribution < -0.4 is 5.32 Å². The highest BCUT2D eigenvalue weighted by Crippen LogP contribution is 2.26. The molecule has 0 aliphatic carbocycles. The van der Waals surface area contributed by atoms with Gasteiger partial charge in [-0.3, -0.25) is 4.79 Å². The second kappa shape index (κ2) is 11.4. The van der Waals surface area contributed by atoms with Gasteiger partial charge in [0.25, 0.3) is 5.91 Å². The summed E-state index contributed by atoms with van der Waals surface area (Å²) in [5.74, 6) is -0.0491. The summed E-state index contributed by atoms with van der Waals surface area (Å²) >= 11 is 0. The van der Waals surface area contributed by atoms with Crippen molar-refractivity contribution >= 4 is 39.9 Å². The average Bonchev–Trinajstić information content (AvgIpc) is 2.90. The molecule has 0 spiro atoms. The number of carbonyl (C=O) groups is 1. The Kier molecular flexibility index (Phi) is 8.04. The van der Waals surface area contributed by atoms with Gasteiger partial charge in [-0.05, 0) is 89.6 Å². The van der Waals surface area contributed by atoms with E-state index in [1.165, 1.54) is 21.5 Å². The van der Waals surface area contributed by atoms with Gasteiger partial charge in [-0.15, -0.1) is 12.4 Å². The first kappa shape index (κ1) is 25.4. The van der Waals surface area contributed by atoms with Gasteiger partial charge in [0.05, 0.1) is 6.04 Å².